The van der Waals surface area contributed by atoms with Gasteiger partial charge in [-0.1, -0.05) is 12.8 Å². The molecule has 1 aromatic heterocycles. The molecule has 0 amide bonds. The van der Waals surface area contributed by atoms with E-state index in [0.29, 0.717) is 17.4 Å². The summed E-state index contributed by atoms with van der Waals surface area (Å²) in [5.74, 6) is 1.44. The van der Waals surface area contributed by atoms with Crippen LogP contribution in [0.1, 0.15) is 19.3 Å². The summed E-state index contributed by atoms with van der Waals surface area (Å²) in [6.45, 7) is 0. The van der Waals surface area contributed by atoms with Crippen molar-refractivity contribution in [1.82, 2.24) is 4.98 Å². The topological polar surface area (TPSA) is 62.3 Å². The van der Waals surface area contributed by atoms with Crippen molar-refractivity contribution < 1.29 is 8.42 Å². The fraction of sp³-hybridized carbons (Fsp3) is 0.583. The Morgan fingerprint density at radius 3 is 2.78 bits per heavy atom. The molecule has 0 spiro atoms. The van der Waals surface area contributed by atoms with Gasteiger partial charge in [-0.3, -0.25) is 4.72 Å². The van der Waals surface area contributed by atoms with Crippen LogP contribution in [-0.2, 0) is 10.0 Å². The zero-order valence-corrected chi connectivity index (χ0v) is 11.6. The summed E-state index contributed by atoms with van der Waals surface area (Å²) in [7, 11) is 0.413. The van der Waals surface area contributed by atoms with Crippen LogP contribution in [0.5, 0.6) is 0 Å². The molecule has 1 heterocycles. The van der Waals surface area contributed by atoms with Crippen LogP contribution in [-0.4, -0.2) is 33.2 Å². The minimum Gasteiger partial charge on any atom is -0.361 e. The predicted octanol–water partition coefficient (Wildman–Crippen LogP) is 1.69. The lowest BCUT2D eigenvalue weighted by Crippen LogP contribution is -2.20. The Bertz CT molecular complexity index is 510. The maximum atomic E-state index is 11.9. The fourth-order valence-corrected chi connectivity index (χ4v) is 3.02. The zero-order chi connectivity index (χ0) is 13.2. The molecule has 1 saturated carbocycles. The van der Waals surface area contributed by atoms with Crippen LogP contribution < -0.4 is 9.62 Å². The van der Waals surface area contributed by atoms with Crippen LogP contribution in [0.3, 0.4) is 0 Å². The lowest BCUT2D eigenvalue weighted by molar-refractivity contribution is 0.595. The highest BCUT2D eigenvalue weighted by Gasteiger charge is 2.24. The van der Waals surface area contributed by atoms with Crippen molar-refractivity contribution >= 4 is 21.5 Å². The monoisotopic (exact) mass is 269 g/mol. The van der Waals surface area contributed by atoms with Gasteiger partial charge in [0.1, 0.15) is 0 Å². The second kappa shape index (κ2) is 5.14. The summed E-state index contributed by atoms with van der Waals surface area (Å²) < 4.78 is 26.5. The van der Waals surface area contributed by atoms with Gasteiger partial charge in [0.2, 0.25) is 10.0 Å². The maximum Gasteiger partial charge on any atom is 0.232 e. The number of nitrogens with one attached hydrogen (secondary N) is 1. The Labute approximate surface area is 108 Å². The summed E-state index contributed by atoms with van der Waals surface area (Å²) in [4.78, 5) is 5.96. The number of hydrogen-bond acceptors (Lipinski definition) is 4. The largest absolute Gasteiger partial charge is 0.361 e. The van der Waals surface area contributed by atoms with Gasteiger partial charge in [-0.15, -0.1) is 0 Å². The third-order valence-corrected chi connectivity index (χ3v) is 4.27. The van der Waals surface area contributed by atoms with Crippen molar-refractivity contribution in [3.05, 3.63) is 18.3 Å². The lowest BCUT2D eigenvalue weighted by Gasteiger charge is -2.16. The van der Waals surface area contributed by atoms with E-state index in [2.05, 4.69) is 9.71 Å². The first-order chi connectivity index (χ1) is 8.48. The normalized spacial score (nSPS) is 15.4. The first-order valence-electron chi connectivity index (χ1n) is 6.11. The van der Waals surface area contributed by atoms with Crippen molar-refractivity contribution in [2.45, 2.75) is 19.3 Å². The fourth-order valence-electron chi connectivity index (χ4n) is 1.78. The van der Waals surface area contributed by atoms with Crippen molar-refractivity contribution in [1.29, 1.82) is 0 Å². The molecule has 100 valence electrons. The van der Waals surface area contributed by atoms with Crippen LogP contribution in [0.25, 0.3) is 0 Å². The molecule has 1 aliphatic rings. The van der Waals surface area contributed by atoms with Gasteiger partial charge in [-0.05, 0) is 24.5 Å². The van der Waals surface area contributed by atoms with Crippen LogP contribution in [0.15, 0.2) is 18.3 Å². The van der Waals surface area contributed by atoms with Crippen molar-refractivity contribution in [2.75, 3.05) is 29.5 Å². The average molecular weight is 269 g/mol. The Morgan fingerprint density at radius 1 is 1.44 bits per heavy atom. The van der Waals surface area contributed by atoms with E-state index in [9.17, 15) is 8.42 Å². The molecule has 1 fully saturated rings. The number of pyridine rings is 1. The van der Waals surface area contributed by atoms with Gasteiger partial charge in [-0.25, -0.2) is 13.4 Å². The summed E-state index contributed by atoms with van der Waals surface area (Å²) >= 11 is 0. The molecule has 5 nitrogen and oxygen atoms in total. The molecule has 1 N–H and O–H groups in total. The predicted molar refractivity (Wildman–Crippen MR) is 73.3 cm³/mol. The highest BCUT2D eigenvalue weighted by atomic mass is 32.2. The standard InChI is InChI=1S/C12H19N3O2S/c1-15(2)12-11(4-3-8-13-12)14-18(16,17)9-7-10-5-6-10/h3-4,8,10,14H,5-7,9H2,1-2H3. The van der Waals surface area contributed by atoms with Crippen molar-refractivity contribution in [2.24, 2.45) is 5.92 Å². The Balaban J connectivity index is 2.07. The van der Waals surface area contributed by atoms with Crippen molar-refractivity contribution in [3.63, 3.8) is 0 Å². The molecule has 0 radical (unpaired) electrons. The van der Waals surface area contributed by atoms with E-state index in [-0.39, 0.29) is 5.75 Å². The highest BCUT2D eigenvalue weighted by Crippen LogP contribution is 2.33. The SMILES string of the molecule is CN(C)c1ncccc1NS(=O)(=O)CCC1CC1. The molecular formula is C12H19N3O2S. The Hall–Kier alpha value is -1.30. The van der Waals surface area contributed by atoms with Crippen LogP contribution in [0.4, 0.5) is 11.5 Å². The van der Waals surface area contributed by atoms with E-state index < -0.39 is 10.0 Å². The quantitative estimate of drug-likeness (QED) is 0.853. The number of hydrogen-bond donors (Lipinski definition) is 1. The Morgan fingerprint density at radius 2 is 2.17 bits per heavy atom. The average Bonchev–Trinajstić information content (AvgIpc) is 3.10. The molecule has 0 bridgehead atoms. The van der Waals surface area contributed by atoms with E-state index in [0.717, 1.165) is 6.42 Å². The number of rotatable bonds is 6. The summed E-state index contributed by atoms with van der Waals surface area (Å²) in [5, 5.41) is 0. The molecule has 1 aromatic rings. The molecule has 18 heavy (non-hydrogen) atoms. The molecule has 0 atom stereocenters. The van der Waals surface area contributed by atoms with Gasteiger partial charge in [-0.2, -0.15) is 0 Å². The Kier molecular flexibility index (Phi) is 3.75. The van der Waals surface area contributed by atoms with Crippen molar-refractivity contribution in [3.8, 4) is 0 Å². The number of aromatic nitrogens is 1. The molecule has 0 aliphatic heterocycles. The molecule has 0 saturated heterocycles. The maximum absolute atomic E-state index is 11.9. The minimum absolute atomic E-state index is 0.194. The van der Waals surface area contributed by atoms with E-state index in [1.165, 1.54) is 12.8 Å². The molecule has 0 aromatic carbocycles. The molecule has 0 unspecified atom stereocenters. The van der Waals surface area contributed by atoms with Crippen LogP contribution in [0.2, 0.25) is 0 Å². The third kappa shape index (κ3) is 3.60. The van der Waals surface area contributed by atoms with Gasteiger partial charge in [0, 0.05) is 20.3 Å². The van der Waals surface area contributed by atoms with Gasteiger partial charge >= 0.3 is 0 Å². The molecule has 2 rings (SSSR count). The lowest BCUT2D eigenvalue weighted by atomic mass is 10.3. The molecule has 6 heteroatoms. The zero-order valence-electron chi connectivity index (χ0n) is 10.8. The summed E-state index contributed by atoms with van der Waals surface area (Å²) in [5.41, 5.74) is 0.540. The van der Waals surface area contributed by atoms with Gasteiger partial charge in [0.25, 0.3) is 0 Å². The van der Waals surface area contributed by atoms with Gasteiger partial charge in [0.05, 0.1) is 11.4 Å². The number of anilines is 2. The first-order valence-corrected chi connectivity index (χ1v) is 7.76. The van der Waals surface area contributed by atoms with Crippen LogP contribution >= 0.6 is 0 Å². The second-order valence-electron chi connectivity index (χ2n) is 4.92. The van der Waals surface area contributed by atoms with Gasteiger partial charge < -0.3 is 4.90 Å². The summed E-state index contributed by atoms with van der Waals surface area (Å²) in [6.07, 6.45) is 4.75. The second-order valence-corrected chi connectivity index (χ2v) is 6.76. The number of sulfonamides is 1. The van der Waals surface area contributed by atoms with E-state index in [1.54, 1.807) is 23.2 Å². The highest BCUT2D eigenvalue weighted by molar-refractivity contribution is 7.92. The smallest absolute Gasteiger partial charge is 0.232 e. The minimum atomic E-state index is -3.26. The van der Waals surface area contributed by atoms with E-state index in [4.69, 9.17) is 0 Å². The van der Waals surface area contributed by atoms with Crippen LogP contribution in [0, 0.1) is 5.92 Å². The summed E-state index contributed by atoms with van der Waals surface area (Å²) in [6, 6.07) is 3.46. The van der Waals surface area contributed by atoms with Gasteiger partial charge in [0.15, 0.2) is 5.82 Å². The number of nitrogens with zero attached hydrogens (tertiary/aromatic N) is 2. The molecular weight excluding hydrogens is 250 g/mol. The van der Waals surface area contributed by atoms with E-state index >= 15 is 0 Å². The molecule has 1 aliphatic carbocycles. The third-order valence-electron chi connectivity index (χ3n) is 2.97. The first kappa shape index (κ1) is 13.1. The van der Waals surface area contributed by atoms with E-state index in [1.807, 2.05) is 14.1 Å².